The van der Waals surface area contributed by atoms with Gasteiger partial charge in [0.05, 0.1) is 0 Å². The molecule has 0 aliphatic carbocycles. The van der Waals surface area contributed by atoms with Crippen LogP contribution in [0.25, 0.3) is 0 Å². The number of benzene rings is 2. The van der Waals surface area contributed by atoms with Gasteiger partial charge in [0.25, 0.3) is 0 Å². The molecular weight excluding hydrogens is 294 g/mol. The van der Waals surface area contributed by atoms with Crippen molar-refractivity contribution in [2.24, 2.45) is 4.99 Å². The number of nitrogens with one attached hydrogen (secondary N) is 1. The lowest BCUT2D eigenvalue weighted by Crippen LogP contribution is -2.21. The SMILES string of the molecule is CN(C)/C(=N\C(=O)Nc1ccccc1)SCc1ccccc1. The first-order valence-electron chi connectivity index (χ1n) is 6.94. The Morgan fingerprint density at radius 1 is 1.05 bits per heavy atom. The number of carbonyl (C=O) groups excluding carboxylic acids is 1. The average molecular weight is 313 g/mol. The molecule has 0 heterocycles. The standard InChI is InChI=1S/C17H19N3OS/c1-20(2)17(22-13-14-9-5-3-6-10-14)19-16(21)18-15-11-7-4-8-12-15/h3-12H,13H2,1-2H3,(H,18,21)/b19-17+. The second-order valence-electron chi connectivity index (χ2n) is 4.86. The van der Waals surface area contributed by atoms with Gasteiger partial charge in [-0.3, -0.25) is 0 Å². The number of anilines is 1. The maximum absolute atomic E-state index is 12.0. The molecule has 1 N–H and O–H groups in total. The topological polar surface area (TPSA) is 44.7 Å². The fourth-order valence-electron chi connectivity index (χ4n) is 1.74. The summed E-state index contributed by atoms with van der Waals surface area (Å²) < 4.78 is 0. The van der Waals surface area contributed by atoms with Crippen molar-refractivity contribution in [2.75, 3.05) is 19.4 Å². The molecule has 0 radical (unpaired) electrons. The fourth-order valence-corrected chi connectivity index (χ4v) is 2.64. The highest BCUT2D eigenvalue weighted by Gasteiger charge is 2.08. The summed E-state index contributed by atoms with van der Waals surface area (Å²) in [5, 5.41) is 3.44. The average Bonchev–Trinajstić information content (AvgIpc) is 2.53. The minimum Gasteiger partial charge on any atom is -0.357 e. The van der Waals surface area contributed by atoms with Crippen molar-refractivity contribution in [2.45, 2.75) is 5.75 Å². The van der Waals surface area contributed by atoms with Gasteiger partial charge in [0.1, 0.15) is 0 Å². The van der Waals surface area contributed by atoms with Crippen LogP contribution in [0.5, 0.6) is 0 Å². The third-order valence-corrected chi connectivity index (χ3v) is 4.01. The number of amides is 2. The summed E-state index contributed by atoms with van der Waals surface area (Å²) in [7, 11) is 3.76. The number of hydrogen-bond acceptors (Lipinski definition) is 2. The Bertz CT molecular complexity index is 627. The van der Waals surface area contributed by atoms with Crippen LogP contribution in [0.1, 0.15) is 5.56 Å². The number of thioether (sulfide) groups is 1. The Labute approximate surface area is 135 Å². The monoisotopic (exact) mass is 313 g/mol. The smallest absolute Gasteiger partial charge is 0.347 e. The first-order chi connectivity index (χ1) is 10.6. The van der Waals surface area contributed by atoms with Gasteiger partial charge in [-0.25, -0.2) is 4.79 Å². The fraction of sp³-hybridized carbons (Fsp3) is 0.176. The molecule has 4 nitrogen and oxygen atoms in total. The van der Waals surface area contributed by atoms with Gasteiger partial charge < -0.3 is 10.2 Å². The van der Waals surface area contributed by atoms with Crippen LogP contribution >= 0.6 is 11.8 Å². The zero-order chi connectivity index (χ0) is 15.8. The first-order valence-corrected chi connectivity index (χ1v) is 7.92. The molecule has 5 heteroatoms. The Kier molecular flexibility index (Phi) is 6.03. The van der Waals surface area contributed by atoms with Crippen molar-refractivity contribution >= 4 is 28.6 Å². The van der Waals surface area contributed by atoms with E-state index in [0.29, 0.717) is 5.17 Å². The second kappa shape index (κ2) is 8.24. The summed E-state index contributed by atoms with van der Waals surface area (Å²) >= 11 is 1.54. The zero-order valence-electron chi connectivity index (χ0n) is 12.7. The van der Waals surface area contributed by atoms with Crippen molar-refractivity contribution < 1.29 is 4.79 Å². The molecule has 22 heavy (non-hydrogen) atoms. The lowest BCUT2D eigenvalue weighted by molar-refractivity contribution is 0.259. The van der Waals surface area contributed by atoms with Crippen LogP contribution < -0.4 is 5.32 Å². The van der Waals surface area contributed by atoms with Gasteiger partial charge in [-0.1, -0.05) is 60.3 Å². The number of urea groups is 1. The number of carbonyl (C=O) groups is 1. The highest BCUT2D eigenvalue weighted by molar-refractivity contribution is 8.13. The second-order valence-corrected chi connectivity index (χ2v) is 5.80. The van der Waals surface area contributed by atoms with Crippen molar-refractivity contribution in [3.63, 3.8) is 0 Å². The molecule has 0 aromatic heterocycles. The van der Waals surface area contributed by atoms with Crippen LogP contribution in [0.4, 0.5) is 10.5 Å². The van der Waals surface area contributed by atoms with E-state index in [1.807, 2.05) is 67.5 Å². The molecule has 0 saturated heterocycles. The van der Waals surface area contributed by atoms with Crippen molar-refractivity contribution in [3.05, 3.63) is 66.2 Å². The van der Waals surface area contributed by atoms with Crippen molar-refractivity contribution in [3.8, 4) is 0 Å². The van der Waals surface area contributed by atoms with Crippen LogP contribution in [0.3, 0.4) is 0 Å². The number of nitrogens with zero attached hydrogens (tertiary/aromatic N) is 2. The van der Waals surface area contributed by atoms with E-state index in [1.165, 1.54) is 17.3 Å². The quantitative estimate of drug-likeness (QED) is 0.686. The predicted molar refractivity (Wildman–Crippen MR) is 94.3 cm³/mol. The molecule has 2 aromatic rings. The number of para-hydroxylation sites is 1. The molecule has 0 unspecified atom stereocenters. The summed E-state index contributed by atoms with van der Waals surface area (Å²) in [5.41, 5.74) is 1.94. The Morgan fingerprint density at radius 2 is 1.64 bits per heavy atom. The molecule has 0 aliphatic heterocycles. The van der Waals surface area contributed by atoms with Gasteiger partial charge in [-0.2, -0.15) is 4.99 Å². The maximum atomic E-state index is 12.0. The molecule has 0 bridgehead atoms. The minimum atomic E-state index is -0.365. The van der Waals surface area contributed by atoms with E-state index < -0.39 is 0 Å². The van der Waals surface area contributed by atoms with Gasteiger partial charge in [0.15, 0.2) is 5.17 Å². The third-order valence-electron chi connectivity index (χ3n) is 2.82. The summed E-state index contributed by atoms with van der Waals surface area (Å²) in [6.45, 7) is 0. The van der Waals surface area contributed by atoms with E-state index in [-0.39, 0.29) is 6.03 Å². The van der Waals surface area contributed by atoms with E-state index >= 15 is 0 Å². The van der Waals surface area contributed by atoms with Gasteiger partial charge >= 0.3 is 6.03 Å². The third kappa shape index (κ3) is 5.26. The van der Waals surface area contributed by atoms with Gasteiger partial charge in [0, 0.05) is 25.5 Å². The molecule has 2 rings (SSSR count). The van der Waals surface area contributed by atoms with Crippen molar-refractivity contribution in [1.82, 2.24) is 4.90 Å². The summed E-state index contributed by atoms with van der Waals surface area (Å²) in [5.74, 6) is 0.774. The van der Waals surface area contributed by atoms with Crippen LogP contribution in [-0.4, -0.2) is 30.2 Å². The normalized spacial score (nSPS) is 11.1. The minimum absolute atomic E-state index is 0.365. The van der Waals surface area contributed by atoms with Crippen LogP contribution in [0.15, 0.2) is 65.7 Å². The highest BCUT2D eigenvalue weighted by atomic mass is 32.2. The number of aliphatic imine (C=N–C) groups is 1. The molecule has 2 amide bonds. The lowest BCUT2D eigenvalue weighted by atomic mass is 10.2. The van der Waals surface area contributed by atoms with Crippen LogP contribution in [0, 0.1) is 0 Å². The van der Waals surface area contributed by atoms with Crippen LogP contribution in [0.2, 0.25) is 0 Å². The van der Waals surface area contributed by atoms with Gasteiger partial charge in [0.2, 0.25) is 0 Å². The highest BCUT2D eigenvalue weighted by Crippen LogP contribution is 2.15. The summed E-state index contributed by atoms with van der Waals surface area (Å²) in [6.07, 6.45) is 0. The summed E-state index contributed by atoms with van der Waals surface area (Å²) in [6, 6.07) is 19.1. The Balaban J connectivity index is 1.99. The van der Waals surface area contributed by atoms with Crippen LogP contribution in [-0.2, 0) is 5.75 Å². The van der Waals surface area contributed by atoms with E-state index in [1.54, 1.807) is 0 Å². The van der Waals surface area contributed by atoms with E-state index in [2.05, 4.69) is 22.4 Å². The largest absolute Gasteiger partial charge is 0.357 e. The van der Waals surface area contributed by atoms with E-state index in [9.17, 15) is 4.79 Å². The Hall–Kier alpha value is -2.27. The number of rotatable bonds is 3. The lowest BCUT2D eigenvalue weighted by Gasteiger charge is -2.14. The molecule has 114 valence electrons. The molecule has 0 atom stereocenters. The first kappa shape index (κ1) is 16.1. The molecule has 2 aromatic carbocycles. The van der Waals surface area contributed by atoms with E-state index in [0.717, 1.165) is 11.4 Å². The Morgan fingerprint density at radius 3 is 2.23 bits per heavy atom. The van der Waals surface area contributed by atoms with E-state index in [4.69, 9.17) is 0 Å². The van der Waals surface area contributed by atoms with Gasteiger partial charge in [-0.15, -0.1) is 0 Å². The van der Waals surface area contributed by atoms with Crippen molar-refractivity contribution in [1.29, 1.82) is 0 Å². The maximum Gasteiger partial charge on any atom is 0.347 e. The predicted octanol–water partition coefficient (Wildman–Crippen LogP) is 4.07. The van der Waals surface area contributed by atoms with Gasteiger partial charge in [-0.05, 0) is 17.7 Å². The summed E-state index contributed by atoms with van der Waals surface area (Å²) in [4.78, 5) is 18.0. The molecular formula is C17H19N3OS. The molecule has 0 aliphatic rings. The molecule has 0 saturated carbocycles. The molecule has 0 fully saturated rings. The zero-order valence-corrected chi connectivity index (χ0v) is 13.5. The molecule has 0 spiro atoms. The number of hydrogen-bond donors (Lipinski definition) is 1. The number of amidine groups is 1.